The highest BCUT2D eigenvalue weighted by Gasteiger charge is 2.21. The van der Waals surface area contributed by atoms with E-state index in [-0.39, 0.29) is 12.8 Å². The Kier molecular flexibility index (Phi) is 15.4. The molecular formula is C19H41NO4. The van der Waals surface area contributed by atoms with Gasteiger partial charge in [0.25, 0.3) is 0 Å². The molecule has 0 saturated heterocycles. The van der Waals surface area contributed by atoms with Crippen LogP contribution in [0.15, 0.2) is 0 Å². The SMILES string of the molecule is CCOCCCCCCC(=O)NCC1CCC(COCC)CC1.O.[HH]. The average molecular weight is 348 g/mol. The number of amides is 1. The van der Waals surface area contributed by atoms with Crippen molar-refractivity contribution >= 4 is 5.91 Å². The standard InChI is InChI=1S/C19H37NO3.H2O.H2/c1-3-22-14-8-6-5-7-9-19(21)20-15-17-10-12-18(13-11-17)16-23-4-2;;/h17-18H,3-16H2,1-2H3,(H,20,21);1H2;1H. The van der Waals surface area contributed by atoms with Crippen LogP contribution in [0, 0.1) is 11.8 Å². The number of carbonyl (C=O) groups excluding carboxylic acids is 1. The smallest absolute Gasteiger partial charge is 0.220 e. The number of rotatable bonds is 13. The van der Waals surface area contributed by atoms with Crippen LogP contribution in [0.25, 0.3) is 0 Å². The first-order chi connectivity index (χ1) is 11.3. The molecule has 0 bridgehead atoms. The lowest BCUT2D eigenvalue weighted by molar-refractivity contribution is -0.121. The molecule has 5 heteroatoms. The number of hydrogen-bond acceptors (Lipinski definition) is 3. The molecule has 1 saturated carbocycles. The predicted molar refractivity (Wildman–Crippen MR) is 100 cm³/mol. The van der Waals surface area contributed by atoms with Crippen molar-refractivity contribution in [2.75, 3.05) is 33.0 Å². The van der Waals surface area contributed by atoms with Gasteiger partial charge in [0.15, 0.2) is 0 Å². The Morgan fingerprint density at radius 1 is 0.958 bits per heavy atom. The zero-order valence-corrected chi connectivity index (χ0v) is 15.8. The van der Waals surface area contributed by atoms with Crippen LogP contribution in [-0.2, 0) is 14.3 Å². The summed E-state index contributed by atoms with van der Waals surface area (Å²) in [6.45, 7) is 8.34. The molecule has 0 unspecified atom stereocenters. The second kappa shape index (κ2) is 15.9. The molecule has 1 fully saturated rings. The van der Waals surface area contributed by atoms with Gasteiger partial charge in [0.2, 0.25) is 5.91 Å². The summed E-state index contributed by atoms with van der Waals surface area (Å²) >= 11 is 0. The normalized spacial score (nSPS) is 20.4. The van der Waals surface area contributed by atoms with Gasteiger partial charge in [-0.25, -0.2) is 0 Å². The summed E-state index contributed by atoms with van der Waals surface area (Å²) in [4.78, 5) is 11.9. The molecule has 0 aliphatic heterocycles. The monoisotopic (exact) mass is 347 g/mol. The highest BCUT2D eigenvalue weighted by Crippen LogP contribution is 2.28. The molecule has 146 valence electrons. The zero-order valence-electron chi connectivity index (χ0n) is 15.8. The van der Waals surface area contributed by atoms with Crippen LogP contribution in [0.1, 0.15) is 73.1 Å². The van der Waals surface area contributed by atoms with Crippen LogP contribution in [0.3, 0.4) is 0 Å². The Hall–Kier alpha value is -0.650. The maximum absolute atomic E-state index is 11.9. The fraction of sp³-hybridized carbons (Fsp3) is 0.947. The molecule has 0 atom stereocenters. The fourth-order valence-electron chi connectivity index (χ4n) is 3.22. The van der Waals surface area contributed by atoms with E-state index in [1.54, 1.807) is 0 Å². The second-order valence-electron chi connectivity index (χ2n) is 6.71. The van der Waals surface area contributed by atoms with E-state index in [0.29, 0.717) is 12.3 Å². The van der Waals surface area contributed by atoms with Gasteiger partial charge in [0, 0.05) is 40.8 Å². The van der Waals surface area contributed by atoms with Gasteiger partial charge in [0.1, 0.15) is 0 Å². The Morgan fingerprint density at radius 3 is 2.25 bits per heavy atom. The molecular weight excluding hydrogens is 306 g/mol. The molecule has 0 aromatic heterocycles. The van der Waals surface area contributed by atoms with E-state index in [4.69, 9.17) is 9.47 Å². The first kappa shape index (κ1) is 23.4. The van der Waals surface area contributed by atoms with Gasteiger partial charge in [-0.15, -0.1) is 0 Å². The van der Waals surface area contributed by atoms with E-state index in [0.717, 1.165) is 64.6 Å². The second-order valence-corrected chi connectivity index (χ2v) is 6.71. The van der Waals surface area contributed by atoms with E-state index in [1.807, 2.05) is 6.92 Å². The molecule has 0 spiro atoms. The molecule has 1 rings (SSSR count). The maximum atomic E-state index is 11.9. The molecule has 0 aromatic carbocycles. The molecule has 3 N–H and O–H groups in total. The molecule has 24 heavy (non-hydrogen) atoms. The van der Waals surface area contributed by atoms with E-state index >= 15 is 0 Å². The summed E-state index contributed by atoms with van der Waals surface area (Å²) < 4.78 is 10.8. The number of hydrogen-bond donors (Lipinski definition) is 1. The van der Waals surface area contributed by atoms with Gasteiger partial charge in [0.05, 0.1) is 0 Å². The third-order valence-corrected chi connectivity index (χ3v) is 4.76. The number of nitrogens with one attached hydrogen (secondary N) is 1. The summed E-state index contributed by atoms with van der Waals surface area (Å²) in [6, 6.07) is 0. The third kappa shape index (κ3) is 11.8. The van der Waals surface area contributed by atoms with Crippen LogP contribution in [0.2, 0.25) is 0 Å². The molecule has 0 aromatic rings. The van der Waals surface area contributed by atoms with E-state index < -0.39 is 0 Å². The quantitative estimate of drug-likeness (QED) is 0.519. The maximum Gasteiger partial charge on any atom is 0.220 e. The molecule has 0 heterocycles. The van der Waals surface area contributed by atoms with Crippen LogP contribution in [-0.4, -0.2) is 44.4 Å². The topological polar surface area (TPSA) is 79.1 Å². The summed E-state index contributed by atoms with van der Waals surface area (Å²) in [5, 5.41) is 3.13. The minimum Gasteiger partial charge on any atom is -0.412 e. The minimum absolute atomic E-state index is 0. The third-order valence-electron chi connectivity index (χ3n) is 4.76. The van der Waals surface area contributed by atoms with Crippen molar-refractivity contribution in [3.63, 3.8) is 0 Å². The van der Waals surface area contributed by atoms with Crippen LogP contribution < -0.4 is 5.32 Å². The van der Waals surface area contributed by atoms with Gasteiger partial charge >= 0.3 is 0 Å². The first-order valence-electron chi connectivity index (χ1n) is 9.68. The van der Waals surface area contributed by atoms with E-state index in [1.165, 1.54) is 25.7 Å². The Labute approximate surface area is 149 Å². The average Bonchev–Trinajstić information content (AvgIpc) is 2.58. The summed E-state index contributed by atoms with van der Waals surface area (Å²) in [6.07, 6.45) is 10.0. The summed E-state index contributed by atoms with van der Waals surface area (Å²) in [7, 11) is 0. The van der Waals surface area contributed by atoms with Gasteiger partial charge in [-0.2, -0.15) is 0 Å². The molecule has 1 amide bonds. The summed E-state index contributed by atoms with van der Waals surface area (Å²) in [5.41, 5.74) is 0. The lowest BCUT2D eigenvalue weighted by Gasteiger charge is -2.28. The fourth-order valence-corrected chi connectivity index (χ4v) is 3.22. The zero-order chi connectivity index (χ0) is 16.8. The Morgan fingerprint density at radius 2 is 1.58 bits per heavy atom. The molecule has 0 radical (unpaired) electrons. The van der Waals surface area contributed by atoms with Crippen molar-refractivity contribution < 1.29 is 21.2 Å². The number of ether oxygens (including phenoxy) is 2. The van der Waals surface area contributed by atoms with Crippen molar-refractivity contribution in [1.29, 1.82) is 0 Å². The van der Waals surface area contributed by atoms with E-state index in [2.05, 4.69) is 12.2 Å². The molecule has 1 aliphatic rings. The van der Waals surface area contributed by atoms with Gasteiger partial charge < -0.3 is 20.3 Å². The predicted octanol–water partition coefficient (Wildman–Crippen LogP) is 3.35. The highest BCUT2D eigenvalue weighted by molar-refractivity contribution is 5.75. The summed E-state index contributed by atoms with van der Waals surface area (Å²) in [5.74, 6) is 1.63. The van der Waals surface area contributed by atoms with E-state index in [9.17, 15) is 4.79 Å². The highest BCUT2D eigenvalue weighted by atomic mass is 16.5. The van der Waals surface area contributed by atoms with Crippen molar-refractivity contribution in [3.8, 4) is 0 Å². The van der Waals surface area contributed by atoms with Crippen LogP contribution in [0.4, 0.5) is 0 Å². The Balaban J connectivity index is 0. The molecule has 1 aliphatic carbocycles. The largest absolute Gasteiger partial charge is 0.412 e. The van der Waals surface area contributed by atoms with Gasteiger partial charge in [-0.1, -0.05) is 12.8 Å². The Bertz CT molecular complexity index is 297. The molecule has 5 nitrogen and oxygen atoms in total. The van der Waals surface area contributed by atoms with Crippen LogP contribution in [0.5, 0.6) is 0 Å². The lowest BCUT2D eigenvalue weighted by Crippen LogP contribution is -2.31. The van der Waals surface area contributed by atoms with Crippen LogP contribution >= 0.6 is 0 Å². The van der Waals surface area contributed by atoms with Gasteiger partial charge in [-0.05, 0) is 64.2 Å². The minimum atomic E-state index is 0. The van der Waals surface area contributed by atoms with Crippen molar-refractivity contribution in [2.24, 2.45) is 11.8 Å². The van der Waals surface area contributed by atoms with Crippen molar-refractivity contribution in [3.05, 3.63) is 0 Å². The number of unbranched alkanes of at least 4 members (excludes halogenated alkanes) is 3. The van der Waals surface area contributed by atoms with Crippen molar-refractivity contribution in [1.82, 2.24) is 5.32 Å². The van der Waals surface area contributed by atoms with Gasteiger partial charge in [-0.3, -0.25) is 4.79 Å². The lowest BCUT2D eigenvalue weighted by atomic mass is 9.82. The number of carbonyl (C=O) groups is 1. The van der Waals surface area contributed by atoms with Crippen molar-refractivity contribution in [2.45, 2.75) is 71.6 Å². The first-order valence-corrected chi connectivity index (χ1v) is 9.68.